The van der Waals surface area contributed by atoms with E-state index in [9.17, 15) is 0 Å². The summed E-state index contributed by atoms with van der Waals surface area (Å²) in [4.78, 5) is 11.4. The highest BCUT2D eigenvalue weighted by atomic mass is 16.5. The third-order valence-corrected chi connectivity index (χ3v) is 5.07. The van der Waals surface area contributed by atoms with Crippen molar-refractivity contribution in [3.8, 4) is 11.5 Å². The van der Waals surface area contributed by atoms with Gasteiger partial charge in [0.2, 0.25) is 5.95 Å². The van der Waals surface area contributed by atoms with Gasteiger partial charge in [-0.1, -0.05) is 38.1 Å². The van der Waals surface area contributed by atoms with Crippen LogP contribution in [0, 0.1) is 0 Å². The number of nitrogen functional groups attached to an aromatic ring is 1. The van der Waals surface area contributed by atoms with Crippen LogP contribution < -0.4 is 20.5 Å². The molecule has 154 valence electrons. The molecular weight excluding hydrogens is 366 g/mol. The second-order valence-electron chi connectivity index (χ2n) is 6.74. The van der Waals surface area contributed by atoms with Crippen molar-refractivity contribution in [2.45, 2.75) is 26.9 Å². The van der Waals surface area contributed by atoms with Gasteiger partial charge in [-0.3, -0.25) is 4.90 Å². The summed E-state index contributed by atoms with van der Waals surface area (Å²) in [5.41, 5.74) is 9.39. The molecule has 7 heteroatoms. The summed E-state index contributed by atoms with van der Waals surface area (Å²) in [6.45, 7) is 7.94. The van der Waals surface area contributed by atoms with Crippen molar-refractivity contribution in [3.05, 3.63) is 47.5 Å². The number of fused-ring (bicyclic) bond motifs is 1. The van der Waals surface area contributed by atoms with Gasteiger partial charge in [-0.05, 0) is 30.3 Å². The molecule has 3 N–H and O–H groups in total. The van der Waals surface area contributed by atoms with Crippen LogP contribution in [0.2, 0.25) is 0 Å². The maximum absolute atomic E-state index is 6.18. The van der Waals surface area contributed by atoms with Crippen molar-refractivity contribution in [2.75, 3.05) is 38.4 Å². The van der Waals surface area contributed by atoms with Gasteiger partial charge in [-0.25, -0.2) is 4.98 Å². The van der Waals surface area contributed by atoms with Gasteiger partial charge >= 0.3 is 0 Å². The molecule has 0 amide bonds. The molecule has 0 fully saturated rings. The molecular formula is C22H29N5O2. The standard InChI is InChI=1S/C22H29N5O2/c1-5-27(6-2)14-16-10-8-7-9-15(16)13-24-22-25-18-12-20(29-4)19(28-3)11-17(18)21(23)26-22/h7-12H,5-6,13-14H2,1-4H3,(H3,23,24,25,26). The Balaban J connectivity index is 1.84. The van der Waals surface area contributed by atoms with Crippen LogP contribution in [0.25, 0.3) is 10.9 Å². The maximum atomic E-state index is 6.18. The highest BCUT2D eigenvalue weighted by Gasteiger charge is 2.12. The average Bonchev–Trinajstić information content (AvgIpc) is 2.75. The third-order valence-electron chi connectivity index (χ3n) is 5.07. The van der Waals surface area contributed by atoms with Crippen LogP contribution in [0.1, 0.15) is 25.0 Å². The predicted octanol–water partition coefficient (Wildman–Crippen LogP) is 3.68. The monoisotopic (exact) mass is 395 g/mol. The van der Waals surface area contributed by atoms with Crippen molar-refractivity contribution in [3.63, 3.8) is 0 Å². The summed E-state index contributed by atoms with van der Waals surface area (Å²) in [6.07, 6.45) is 0. The van der Waals surface area contributed by atoms with Crippen LogP contribution in [0.5, 0.6) is 11.5 Å². The number of anilines is 2. The fourth-order valence-corrected chi connectivity index (χ4v) is 3.30. The first-order chi connectivity index (χ1) is 14.1. The molecule has 1 aromatic heterocycles. The van der Waals surface area contributed by atoms with Gasteiger partial charge in [-0.2, -0.15) is 4.98 Å². The molecule has 0 radical (unpaired) electrons. The molecule has 7 nitrogen and oxygen atoms in total. The number of nitrogens with two attached hydrogens (primary N) is 1. The Kier molecular flexibility index (Phi) is 6.72. The lowest BCUT2D eigenvalue weighted by molar-refractivity contribution is 0.295. The first kappa shape index (κ1) is 20.7. The summed E-state index contributed by atoms with van der Waals surface area (Å²) in [5.74, 6) is 2.09. The summed E-state index contributed by atoms with van der Waals surface area (Å²) >= 11 is 0. The second kappa shape index (κ2) is 9.43. The van der Waals surface area contributed by atoms with Crippen molar-refractivity contribution in [2.24, 2.45) is 0 Å². The van der Waals surface area contributed by atoms with Gasteiger partial charge in [0.25, 0.3) is 0 Å². The van der Waals surface area contributed by atoms with Crippen LogP contribution in [0.4, 0.5) is 11.8 Å². The second-order valence-corrected chi connectivity index (χ2v) is 6.74. The lowest BCUT2D eigenvalue weighted by Crippen LogP contribution is -2.23. The lowest BCUT2D eigenvalue weighted by Gasteiger charge is -2.20. The van der Waals surface area contributed by atoms with Crippen molar-refractivity contribution < 1.29 is 9.47 Å². The van der Waals surface area contributed by atoms with Gasteiger partial charge < -0.3 is 20.5 Å². The van der Waals surface area contributed by atoms with E-state index in [-0.39, 0.29) is 0 Å². The van der Waals surface area contributed by atoms with Crippen LogP contribution in [0.15, 0.2) is 36.4 Å². The Morgan fingerprint density at radius 2 is 1.62 bits per heavy atom. The van der Waals surface area contributed by atoms with Crippen molar-refractivity contribution in [1.29, 1.82) is 0 Å². The number of hydrogen-bond acceptors (Lipinski definition) is 7. The van der Waals surface area contributed by atoms with Crippen LogP contribution >= 0.6 is 0 Å². The molecule has 0 unspecified atom stereocenters. The number of aromatic nitrogens is 2. The fraction of sp³-hybridized carbons (Fsp3) is 0.364. The molecule has 0 saturated carbocycles. The smallest absolute Gasteiger partial charge is 0.225 e. The number of ether oxygens (including phenoxy) is 2. The number of nitrogens with one attached hydrogen (secondary N) is 1. The van der Waals surface area contributed by atoms with E-state index in [1.807, 2.05) is 6.07 Å². The normalized spacial score (nSPS) is 11.1. The van der Waals surface area contributed by atoms with Crippen LogP contribution in [-0.4, -0.2) is 42.2 Å². The van der Waals surface area contributed by atoms with E-state index in [0.717, 1.165) is 25.0 Å². The third kappa shape index (κ3) is 4.68. The Bertz CT molecular complexity index is 973. The highest BCUT2D eigenvalue weighted by Crippen LogP contribution is 2.33. The topological polar surface area (TPSA) is 85.5 Å². The molecule has 0 aliphatic carbocycles. The van der Waals surface area contributed by atoms with Crippen LogP contribution in [0.3, 0.4) is 0 Å². The minimum absolute atomic E-state index is 0.398. The molecule has 0 aliphatic rings. The van der Waals surface area contributed by atoms with Gasteiger partial charge in [0, 0.05) is 24.5 Å². The number of benzene rings is 2. The number of nitrogens with zero attached hydrogens (tertiary/aromatic N) is 3. The molecule has 1 heterocycles. The van der Waals surface area contributed by atoms with E-state index in [1.54, 1.807) is 20.3 Å². The zero-order chi connectivity index (χ0) is 20.8. The Hall–Kier alpha value is -3.06. The molecule has 0 bridgehead atoms. The van der Waals surface area contributed by atoms with E-state index in [2.05, 4.69) is 58.3 Å². The van der Waals surface area contributed by atoms with E-state index < -0.39 is 0 Å². The Labute approximate surface area is 171 Å². The Morgan fingerprint density at radius 3 is 2.28 bits per heavy atom. The summed E-state index contributed by atoms with van der Waals surface area (Å²) < 4.78 is 10.7. The van der Waals surface area contributed by atoms with Gasteiger partial charge in [0.15, 0.2) is 11.5 Å². The van der Waals surface area contributed by atoms with E-state index in [4.69, 9.17) is 15.2 Å². The first-order valence-electron chi connectivity index (χ1n) is 9.81. The van der Waals surface area contributed by atoms with E-state index in [1.165, 1.54) is 11.1 Å². The minimum atomic E-state index is 0.398. The van der Waals surface area contributed by atoms with Gasteiger partial charge in [0.1, 0.15) is 5.82 Å². The van der Waals surface area contributed by atoms with Crippen LogP contribution in [-0.2, 0) is 13.1 Å². The fourth-order valence-electron chi connectivity index (χ4n) is 3.30. The molecule has 3 rings (SSSR count). The molecule has 0 saturated heterocycles. The van der Waals surface area contributed by atoms with Crippen molar-refractivity contribution in [1.82, 2.24) is 14.9 Å². The van der Waals surface area contributed by atoms with E-state index in [0.29, 0.717) is 35.3 Å². The zero-order valence-electron chi connectivity index (χ0n) is 17.5. The number of hydrogen-bond donors (Lipinski definition) is 2. The summed E-state index contributed by atoms with van der Waals surface area (Å²) in [5, 5.41) is 4.05. The molecule has 2 aromatic carbocycles. The predicted molar refractivity (Wildman–Crippen MR) is 117 cm³/mol. The SMILES string of the molecule is CCN(CC)Cc1ccccc1CNc1nc(N)c2cc(OC)c(OC)cc2n1. The number of methoxy groups -OCH3 is 2. The zero-order valence-corrected chi connectivity index (χ0v) is 17.5. The quantitative estimate of drug-likeness (QED) is 0.571. The highest BCUT2D eigenvalue weighted by molar-refractivity contribution is 5.91. The summed E-state index contributed by atoms with van der Waals surface area (Å²) in [6, 6.07) is 12.0. The van der Waals surface area contributed by atoms with E-state index >= 15 is 0 Å². The Morgan fingerprint density at radius 1 is 0.966 bits per heavy atom. The number of rotatable bonds is 9. The molecule has 0 atom stereocenters. The maximum Gasteiger partial charge on any atom is 0.225 e. The van der Waals surface area contributed by atoms with Gasteiger partial charge in [0.05, 0.1) is 19.7 Å². The largest absolute Gasteiger partial charge is 0.493 e. The molecule has 29 heavy (non-hydrogen) atoms. The first-order valence-corrected chi connectivity index (χ1v) is 9.81. The van der Waals surface area contributed by atoms with Gasteiger partial charge in [-0.15, -0.1) is 0 Å². The summed E-state index contributed by atoms with van der Waals surface area (Å²) in [7, 11) is 3.19. The molecule has 0 spiro atoms. The average molecular weight is 396 g/mol. The molecule has 0 aliphatic heterocycles. The van der Waals surface area contributed by atoms with Crippen molar-refractivity contribution >= 4 is 22.7 Å². The minimum Gasteiger partial charge on any atom is -0.493 e. The lowest BCUT2D eigenvalue weighted by atomic mass is 10.1. The molecule has 3 aromatic rings.